The molecule has 3 aromatic rings. The van der Waals surface area contributed by atoms with Gasteiger partial charge in [0, 0.05) is 26.6 Å². The van der Waals surface area contributed by atoms with Crippen LogP contribution in [-0.2, 0) is 0 Å². The second-order valence-electron chi connectivity index (χ2n) is 6.48. The Hall–Kier alpha value is -2.29. The Kier molecular flexibility index (Phi) is 5.47. The monoisotopic (exact) mass is 435 g/mol. The van der Waals surface area contributed by atoms with Gasteiger partial charge in [-0.1, -0.05) is 70.0 Å². The summed E-state index contributed by atoms with van der Waals surface area (Å²) in [5.74, 6) is 0. The Balaban J connectivity index is 1.73. The van der Waals surface area contributed by atoms with Crippen LogP contribution in [-0.4, -0.2) is 0 Å². The normalized spacial score (nSPS) is 13.3. The molecule has 3 aromatic carbocycles. The molecule has 0 aromatic heterocycles. The first kappa shape index (κ1) is 18.1. The number of allylic oxidation sites excluding steroid dienone is 3. The minimum Gasteiger partial charge on any atom is -0.311 e. The van der Waals surface area contributed by atoms with E-state index in [1.54, 1.807) is 0 Å². The summed E-state index contributed by atoms with van der Waals surface area (Å²) in [5, 5.41) is 0.729. The van der Waals surface area contributed by atoms with E-state index in [9.17, 15) is 0 Å². The van der Waals surface area contributed by atoms with Gasteiger partial charge in [0.05, 0.1) is 0 Å². The van der Waals surface area contributed by atoms with Gasteiger partial charge in [-0.05, 0) is 72.5 Å². The molecule has 1 aliphatic carbocycles. The minimum atomic E-state index is 0.729. The molecular formula is C24H19BrClN. The Morgan fingerprint density at radius 2 is 1.52 bits per heavy atom. The molecule has 0 heterocycles. The first-order valence-electron chi connectivity index (χ1n) is 8.99. The van der Waals surface area contributed by atoms with Gasteiger partial charge >= 0.3 is 0 Å². The SMILES string of the molecule is Clc1cc(Br)cc(-c2ccc(N(C3=CCCC=C3)c3ccccc3)cc2)c1. The number of hydrogen-bond donors (Lipinski definition) is 0. The summed E-state index contributed by atoms with van der Waals surface area (Å²) in [6, 6.07) is 25.1. The van der Waals surface area contributed by atoms with Crippen LogP contribution in [0.5, 0.6) is 0 Å². The van der Waals surface area contributed by atoms with E-state index in [1.165, 1.54) is 5.70 Å². The number of rotatable bonds is 4. The third-order valence-corrected chi connectivity index (χ3v) is 5.25. The highest BCUT2D eigenvalue weighted by molar-refractivity contribution is 9.10. The molecule has 0 amide bonds. The maximum atomic E-state index is 6.21. The number of halogens is 2. The molecule has 1 aliphatic rings. The second kappa shape index (κ2) is 8.16. The number of benzene rings is 3. The lowest BCUT2D eigenvalue weighted by Crippen LogP contribution is -2.16. The number of hydrogen-bond acceptors (Lipinski definition) is 1. The van der Waals surface area contributed by atoms with Crippen LogP contribution < -0.4 is 4.90 Å². The molecule has 4 rings (SSSR count). The molecule has 0 spiro atoms. The molecule has 0 atom stereocenters. The topological polar surface area (TPSA) is 3.24 Å². The predicted octanol–water partition coefficient (Wildman–Crippen LogP) is 8.14. The van der Waals surface area contributed by atoms with Gasteiger partial charge in [0.1, 0.15) is 0 Å². The van der Waals surface area contributed by atoms with Crippen molar-refractivity contribution in [2.75, 3.05) is 4.90 Å². The maximum Gasteiger partial charge on any atom is 0.0461 e. The lowest BCUT2D eigenvalue weighted by atomic mass is 10.0. The van der Waals surface area contributed by atoms with Crippen molar-refractivity contribution in [1.82, 2.24) is 0 Å². The fourth-order valence-electron chi connectivity index (χ4n) is 3.31. The Labute approximate surface area is 173 Å². The average Bonchev–Trinajstić information content (AvgIpc) is 2.70. The minimum absolute atomic E-state index is 0.729. The summed E-state index contributed by atoms with van der Waals surface area (Å²) in [5.41, 5.74) is 5.76. The van der Waals surface area contributed by atoms with E-state index >= 15 is 0 Å². The number of para-hydroxylation sites is 1. The smallest absolute Gasteiger partial charge is 0.0461 e. The quantitative estimate of drug-likeness (QED) is 0.399. The number of anilines is 2. The van der Waals surface area contributed by atoms with Crippen LogP contribution in [0.4, 0.5) is 11.4 Å². The summed E-state index contributed by atoms with van der Waals surface area (Å²) in [4.78, 5) is 2.30. The Morgan fingerprint density at radius 3 is 2.19 bits per heavy atom. The highest BCUT2D eigenvalue weighted by atomic mass is 79.9. The standard InChI is InChI=1S/C24H19BrClN/c25-20-15-19(16-21(26)17-20)18-11-13-24(14-12-18)27(22-7-3-1-4-8-22)23-9-5-2-6-10-23/h1,3-5,7-17H,2,6H2. The zero-order valence-electron chi connectivity index (χ0n) is 14.8. The molecule has 134 valence electrons. The molecule has 1 nitrogen and oxygen atoms in total. The molecule has 0 saturated carbocycles. The summed E-state index contributed by atoms with van der Waals surface area (Å²) in [6.07, 6.45) is 8.93. The van der Waals surface area contributed by atoms with E-state index in [0.717, 1.165) is 44.8 Å². The van der Waals surface area contributed by atoms with Gasteiger partial charge < -0.3 is 4.90 Å². The van der Waals surface area contributed by atoms with E-state index in [2.05, 4.69) is 93.7 Å². The lowest BCUT2D eigenvalue weighted by Gasteiger charge is -2.27. The van der Waals surface area contributed by atoms with Crippen LogP contribution in [0.1, 0.15) is 12.8 Å². The van der Waals surface area contributed by atoms with Crippen LogP contribution in [0, 0.1) is 0 Å². The summed E-state index contributed by atoms with van der Waals surface area (Å²) in [6.45, 7) is 0. The first-order valence-corrected chi connectivity index (χ1v) is 10.2. The molecular weight excluding hydrogens is 418 g/mol. The fraction of sp³-hybridized carbons (Fsp3) is 0.0833. The van der Waals surface area contributed by atoms with Crippen LogP contribution >= 0.6 is 27.5 Å². The van der Waals surface area contributed by atoms with Gasteiger partial charge in [0.2, 0.25) is 0 Å². The molecule has 0 N–H and O–H groups in total. The van der Waals surface area contributed by atoms with Crippen molar-refractivity contribution in [3.63, 3.8) is 0 Å². The molecule has 0 fully saturated rings. The molecule has 0 aliphatic heterocycles. The van der Waals surface area contributed by atoms with Crippen LogP contribution in [0.3, 0.4) is 0 Å². The second-order valence-corrected chi connectivity index (χ2v) is 7.84. The third-order valence-electron chi connectivity index (χ3n) is 4.57. The van der Waals surface area contributed by atoms with Gasteiger partial charge in [0.15, 0.2) is 0 Å². The van der Waals surface area contributed by atoms with E-state index in [1.807, 2.05) is 18.2 Å². The Morgan fingerprint density at radius 1 is 0.778 bits per heavy atom. The van der Waals surface area contributed by atoms with Crippen molar-refractivity contribution in [2.24, 2.45) is 0 Å². The Bertz CT molecular complexity index is 970. The van der Waals surface area contributed by atoms with E-state index in [-0.39, 0.29) is 0 Å². The van der Waals surface area contributed by atoms with Crippen molar-refractivity contribution in [2.45, 2.75) is 12.8 Å². The summed E-state index contributed by atoms with van der Waals surface area (Å²) >= 11 is 9.73. The average molecular weight is 437 g/mol. The van der Waals surface area contributed by atoms with Crippen molar-refractivity contribution >= 4 is 38.9 Å². The molecule has 0 saturated heterocycles. The van der Waals surface area contributed by atoms with Crippen LogP contribution in [0.15, 0.2) is 101 Å². The van der Waals surface area contributed by atoms with Crippen molar-refractivity contribution in [3.8, 4) is 11.1 Å². The van der Waals surface area contributed by atoms with Gasteiger partial charge in [0.25, 0.3) is 0 Å². The van der Waals surface area contributed by atoms with Gasteiger partial charge in [-0.15, -0.1) is 0 Å². The molecule has 0 unspecified atom stereocenters. The summed E-state index contributed by atoms with van der Waals surface area (Å²) < 4.78 is 0.984. The number of nitrogens with zero attached hydrogens (tertiary/aromatic N) is 1. The first-order chi connectivity index (χ1) is 13.2. The van der Waals surface area contributed by atoms with Crippen molar-refractivity contribution in [3.05, 3.63) is 106 Å². The zero-order chi connectivity index (χ0) is 18.6. The summed E-state index contributed by atoms with van der Waals surface area (Å²) in [7, 11) is 0. The van der Waals surface area contributed by atoms with Crippen molar-refractivity contribution in [1.29, 1.82) is 0 Å². The van der Waals surface area contributed by atoms with Gasteiger partial charge in [-0.25, -0.2) is 0 Å². The van der Waals surface area contributed by atoms with E-state index in [4.69, 9.17) is 11.6 Å². The third kappa shape index (κ3) is 4.18. The van der Waals surface area contributed by atoms with Crippen LogP contribution in [0.25, 0.3) is 11.1 Å². The predicted molar refractivity (Wildman–Crippen MR) is 120 cm³/mol. The van der Waals surface area contributed by atoms with E-state index in [0.29, 0.717) is 0 Å². The highest BCUT2D eigenvalue weighted by Gasteiger charge is 2.14. The van der Waals surface area contributed by atoms with E-state index < -0.39 is 0 Å². The molecule has 3 heteroatoms. The highest BCUT2D eigenvalue weighted by Crippen LogP contribution is 2.34. The molecule has 0 bridgehead atoms. The largest absolute Gasteiger partial charge is 0.311 e. The molecule has 27 heavy (non-hydrogen) atoms. The fourth-order valence-corrected chi connectivity index (χ4v) is 4.17. The molecule has 0 radical (unpaired) electrons. The zero-order valence-corrected chi connectivity index (χ0v) is 17.1. The van der Waals surface area contributed by atoms with Crippen LogP contribution in [0.2, 0.25) is 5.02 Å². The maximum absolute atomic E-state index is 6.21. The lowest BCUT2D eigenvalue weighted by molar-refractivity contribution is 0.997. The van der Waals surface area contributed by atoms with Crippen molar-refractivity contribution < 1.29 is 0 Å². The van der Waals surface area contributed by atoms with Gasteiger partial charge in [-0.2, -0.15) is 0 Å². The van der Waals surface area contributed by atoms with Gasteiger partial charge in [-0.3, -0.25) is 0 Å².